The van der Waals surface area contributed by atoms with Gasteiger partial charge in [-0.1, -0.05) is 31.4 Å². The van der Waals surface area contributed by atoms with Gasteiger partial charge in [-0.3, -0.25) is 9.59 Å². The van der Waals surface area contributed by atoms with Crippen molar-refractivity contribution in [1.29, 1.82) is 0 Å². The molecule has 0 spiro atoms. The summed E-state index contributed by atoms with van der Waals surface area (Å²) in [6.07, 6.45) is 5.90. The highest BCUT2D eigenvalue weighted by molar-refractivity contribution is 7.89. The molecule has 1 amide bonds. The number of rotatable bonds is 11. The summed E-state index contributed by atoms with van der Waals surface area (Å²) in [5, 5.41) is 2.83. The molecule has 2 aromatic rings. The van der Waals surface area contributed by atoms with Crippen LogP contribution in [0.15, 0.2) is 53.4 Å². The molecule has 0 aliphatic heterocycles. The van der Waals surface area contributed by atoms with Gasteiger partial charge in [0.25, 0.3) is 0 Å². The molecule has 0 saturated heterocycles. The van der Waals surface area contributed by atoms with E-state index in [2.05, 4.69) is 5.32 Å². The molecule has 1 N–H and O–H groups in total. The van der Waals surface area contributed by atoms with Crippen LogP contribution in [-0.4, -0.2) is 50.4 Å². The Morgan fingerprint density at radius 3 is 2.16 bits per heavy atom. The lowest BCUT2D eigenvalue weighted by atomic mass is 9.95. The van der Waals surface area contributed by atoms with Crippen molar-refractivity contribution in [2.24, 2.45) is 0 Å². The summed E-state index contributed by atoms with van der Waals surface area (Å²) in [5.41, 5.74) is 0.837. The molecule has 0 aromatic heterocycles. The van der Waals surface area contributed by atoms with Gasteiger partial charge >= 0.3 is 5.97 Å². The second-order valence-electron chi connectivity index (χ2n) is 9.67. The Kier molecular flexibility index (Phi) is 8.54. The molecule has 200 valence electrons. The van der Waals surface area contributed by atoms with Crippen molar-refractivity contribution >= 4 is 27.6 Å². The Labute approximate surface area is 219 Å². The van der Waals surface area contributed by atoms with E-state index >= 15 is 0 Å². The Hall–Kier alpha value is -2.91. The minimum Gasteiger partial charge on any atom is -0.494 e. The van der Waals surface area contributed by atoms with Crippen molar-refractivity contribution < 1.29 is 27.5 Å². The summed E-state index contributed by atoms with van der Waals surface area (Å²) in [7, 11) is -3.89. The third-order valence-electron chi connectivity index (χ3n) is 7.16. The van der Waals surface area contributed by atoms with Crippen LogP contribution in [0.2, 0.25) is 0 Å². The summed E-state index contributed by atoms with van der Waals surface area (Å²) in [6, 6.07) is 13.3. The summed E-state index contributed by atoms with van der Waals surface area (Å²) >= 11 is 0. The molecule has 2 fully saturated rings. The van der Waals surface area contributed by atoms with Crippen LogP contribution in [0.25, 0.3) is 0 Å². The number of nitrogens with zero attached hydrogens (tertiary/aromatic N) is 1. The van der Waals surface area contributed by atoms with E-state index in [1.165, 1.54) is 16.4 Å². The molecule has 2 aromatic carbocycles. The van der Waals surface area contributed by atoms with Gasteiger partial charge in [0.2, 0.25) is 15.9 Å². The molecule has 0 unspecified atom stereocenters. The second-order valence-corrected chi connectivity index (χ2v) is 11.6. The highest BCUT2D eigenvalue weighted by atomic mass is 32.2. The van der Waals surface area contributed by atoms with Crippen molar-refractivity contribution in [2.75, 3.05) is 25.1 Å². The number of hydrogen-bond acceptors (Lipinski definition) is 6. The van der Waals surface area contributed by atoms with Gasteiger partial charge in [-0.2, -0.15) is 4.31 Å². The normalized spacial score (nSPS) is 17.3. The first kappa shape index (κ1) is 27.1. The van der Waals surface area contributed by atoms with Gasteiger partial charge in [-0.25, -0.2) is 8.42 Å². The van der Waals surface area contributed by atoms with E-state index in [1.807, 2.05) is 19.1 Å². The van der Waals surface area contributed by atoms with Crippen LogP contribution in [0.3, 0.4) is 0 Å². The molecule has 37 heavy (non-hydrogen) atoms. The fraction of sp³-hybridized carbons (Fsp3) is 0.500. The number of anilines is 1. The Morgan fingerprint density at radius 1 is 0.946 bits per heavy atom. The van der Waals surface area contributed by atoms with Gasteiger partial charge in [0.1, 0.15) is 5.75 Å². The Morgan fingerprint density at radius 2 is 1.59 bits per heavy atom. The van der Waals surface area contributed by atoms with Crippen molar-refractivity contribution in [3.05, 3.63) is 54.1 Å². The molecule has 9 heteroatoms. The summed E-state index contributed by atoms with van der Waals surface area (Å²) in [5.74, 6) is -0.0171. The van der Waals surface area contributed by atoms with E-state index in [4.69, 9.17) is 9.47 Å². The molecule has 0 atom stereocenters. The van der Waals surface area contributed by atoms with Gasteiger partial charge in [0.05, 0.1) is 30.1 Å². The van der Waals surface area contributed by atoms with Crippen molar-refractivity contribution in [1.82, 2.24) is 4.31 Å². The highest BCUT2D eigenvalue weighted by Gasteiger charge is 2.52. The van der Waals surface area contributed by atoms with Crippen LogP contribution in [0.5, 0.6) is 5.75 Å². The maximum atomic E-state index is 13.6. The standard InChI is InChI=1S/C28H36N2O6S/c1-3-35-24-14-16-25(17-15-24)37(33,34)30(23-8-6-5-7-9-23)20-26(31)29-22-12-10-21(11-13-22)28(18-19-28)27(32)36-4-2/h10-17,23H,3-9,18-20H2,1-2H3,(H,29,31). The lowest BCUT2D eigenvalue weighted by molar-refractivity contribution is -0.146. The van der Waals surface area contributed by atoms with Gasteiger partial charge in [-0.05, 0) is 81.5 Å². The fourth-order valence-corrected chi connectivity index (χ4v) is 6.65. The van der Waals surface area contributed by atoms with Gasteiger partial charge in [0.15, 0.2) is 0 Å². The van der Waals surface area contributed by atoms with Crippen LogP contribution in [0, 0.1) is 0 Å². The summed E-state index contributed by atoms with van der Waals surface area (Å²) in [4.78, 5) is 25.6. The van der Waals surface area contributed by atoms with E-state index in [-0.39, 0.29) is 23.5 Å². The molecular weight excluding hydrogens is 492 g/mol. The predicted octanol–water partition coefficient (Wildman–Crippen LogP) is 4.64. The lowest BCUT2D eigenvalue weighted by Crippen LogP contribution is -2.45. The number of carbonyl (C=O) groups excluding carboxylic acids is 2. The average molecular weight is 529 g/mol. The fourth-order valence-electron chi connectivity index (χ4n) is 5.01. The van der Waals surface area contributed by atoms with Gasteiger partial charge in [-0.15, -0.1) is 0 Å². The zero-order valence-corrected chi connectivity index (χ0v) is 22.4. The smallest absolute Gasteiger partial charge is 0.316 e. The van der Waals surface area contributed by atoms with Crippen LogP contribution >= 0.6 is 0 Å². The summed E-state index contributed by atoms with van der Waals surface area (Å²) in [6.45, 7) is 4.22. The van der Waals surface area contributed by atoms with Crippen LogP contribution in [0.1, 0.15) is 64.4 Å². The molecule has 0 bridgehead atoms. The number of benzene rings is 2. The van der Waals surface area contributed by atoms with Crippen molar-refractivity contribution in [3.8, 4) is 5.75 Å². The highest BCUT2D eigenvalue weighted by Crippen LogP contribution is 2.49. The third-order valence-corrected chi connectivity index (χ3v) is 9.07. The monoisotopic (exact) mass is 528 g/mol. The minimum atomic E-state index is -3.89. The molecule has 4 rings (SSSR count). The molecule has 2 aliphatic carbocycles. The Bertz CT molecular complexity index is 1180. The maximum Gasteiger partial charge on any atom is 0.316 e. The largest absolute Gasteiger partial charge is 0.494 e. The third kappa shape index (κ3) is 6.15. The second kappa shape index (κ2) is 11.6. The molecule has 2 aliphatic rings. The number of amides is 1. The lowest BCUT2D eigenvalue weighted by Gasteiger charge is -2.33. The number of ether oxygens (including phenoxy) is 2. The van der Waals surface area contributed by atoms with Crippen LogP contribution in [0.4, 0.5) is 5.69 Å². The van der Waals surface area contributed by atoms with E-state index in [0.717, 1.165) is 50.5 Å². The zero-order valence-electron chi connectivity index (χ0n) is 21.6. The predicted molar refractivity (Wildman–Crippen MR) is 141 cm³/mol. The molecule has 2 saturated carbocycles. The van der Waals surface area contributed by atoms with E-state index in [1.54, 1.807) is 31.2 Å². The molecule has 0 radical (unpaired) electrons. The molecule has 0 heterocycles. The van der Waals surface area contributed by atoms with Crippen molar-refractivity contribution in [2.45, 2.75) is 75.1 Å². The number of esters is 1. The number of hydrogen-bond donors (Lipinski definition) is 1. The SMILES string of the molecule is CCOC(=O)C1(c2ccc(NC(=O)CN(C3CCCCC3)S(=O)(=O)c3ccc(OCC)cc3)cc2)CC1. The van der Waals surface area contributed by atoms with Gasteiger partial charge in [0, 0.05) is 11.7 Å². The average Bonchev–Trinajstić information content (AvgIpc) is 3.71. The zero-order chi connectivity index (χ0) is 26.5. The topological polar surface area (TPSA) is 102 Å². The summed E-state index contributed by atoms with van der Waals surface area (Å²) < 4.78 is 39.3. The number of carbonyl (C=O) groups is 2. The van der Waals surface area contributed by atoms with Crippen LogP contribution < -0.4 is 10.1 Å². The molecular formula is C28H36N2O6S. The van der Waals surface area contributed by atoms with E-state index in [0.29, 0.717) is 24.7 Å². The first-order valence-electron chi connectivity index (χ1n) is 13.1. The van der Waals surface area contributed by atoms with Gasteiger partial charge < -0.3 is 14.8 Å². The first-order chi connectivity index (χ1) is 17.8. The minimum absolute atomic E-state index is 0.146. The quantitative estimate of drug-likeness (QED) is 0.426. The molecule has 8 nitrogen and oxygen atoms in total. The van der Waals surface area contributed by atoms with Crippen LogP contribution in [-0.2, 0) is 29.8 Å². The maximum absolute atomic E-state index is 13.6. The van der Waals surface area contributed by atoms with E-state index < -0.39 is 21.3 Å². The van der Waals surface area contributed by atoms with E-state index in [9.17, 15) is 18.0 Å². The number of nitrogens with one attached hydrogen (secondary N) is 1. The number of sulfonamides is 1. The van der Waals surface area contributed by atoms with Crippen molar-refractivity contribution in [3.63, 3.8) is 0 Å². The first-order valence-corrected chi connectivity index (χ1v) is 14.6. The Balaban J connectivity index is 1.48.